The molecule has 0 aromatic carbocycles. The number of hydrogen-bond donors (Lipinski definition) is 0. The standard InChI is InChI=1S/CH3B2O8/c1-4-7-9-11-10-8-6-3-5-2/h1H3. The summed E-state index contributed by atoms with van der Waals surface area (Å²) in [6.07, 6.45) is 0. The van der Waals surface area contributed by atoms with Gasteiger partial charge < -0.3 is 4.57 Å². The zero-order valence-electron chi connectivity index (χ0n) is 5.42. The monoisotopic (exact) mass is 165 g/mol. The van der Waals surface area contributed by atoms with Gasteiger partial charge in [0.25, 0.3) is 8.05 Å². The van der Waals surface area contributed by atoms with E-state index in [0.29, 0.717) is 7.69 Å². The second-order valence-electron chi connectivity index (χ2n) is 0.835. The van der Waals surface area contributed by atoms with Gasteiger partial charge in [-0.05, 0) is 25.2 Å². The first-order valence-corrected chi connectivity index (χ1v) is 2.12. The molecule has 10 heteroatoms. The fourth-order valence-corrected chi connectivity index (χ4v) is 0.117. The highest BCUT2D eigenvalue weighted by atomic mass is 17.9. The van der Waals surface area contributed by atoms with Crippen molar-refractivity contribution >= 4 is 15.7 Å². The van der Waals surface area contributed by atoms with E-state index in [1.807, 2.05) is 0 Å². The predicted molar refractivity (Wildman–Crippen MR) is 26.1 cm³/mol. The molecule has 0 unspecified atom stereocenters. The van der Waals surface area contributed by atoms with Crippen molar-refractivity contribution in [3.8, 4) is 0 Å². The summed E-state index contributed by atoms with van der Waals surface area (Å²) in [5.74, 6) is 0. The van der Waals surface area contributed by atoms with Crippen molar-refractivity contribution < 1.29 is 39.5 Å². The molecule has 61 valence electrons. The molecule has 0 fully saturated rings. The lowest BCUT2D eigenvalue weighted by molar-refractivity contribution is -0.781. The minimum absolute atomic E-state index is 0.612. The molecule has 0 saturated heterocycles. The Morgan fingerprint density at radius 1 is 1.00 bits per heavy atom. The second-order valence-corrected chi connectivity index (χ2v) is 0.835. The molecular formula is CH3B2O8. The lowest BCUT2D eigenvalue weighted by Crippen LogP contribution is -2.05. The first-order chi connectivity index (χ1) is 5.41. The lowest BCUT2D eigenvalue weighted by atomic mass is 10.3. The molecule has 3 radical (unpaired) electrons. The molecule has 0 aliphatic carbocycles. The van der Waals surface area contributed by atoms with Crippen LogP contribution in [0.2, 0.25) is 0 Å². The largest absolute Gasteiger partial charge is 0.512 e. The van der Waals surface area contributed by atoms with Crippen molar-refractivity contribution in [2.24, 2.45) is 0 Å². The third kappa shape index (κ3) is 9.81. The van der Waals surface area contributed by atoms with E-state index >= 15 is 0 Å². The summed E-state index contributed by atoms with van der Waals surface area (Å²) in [4.78, 5) is 7.76. The van der Waals surface area contributed by atoms with E-state index in [9.17, 15) is 0 Å². The summed E-state index contributed by atoms with van der Waals surface area (Å²) < 4.78 is 3.76. The maximum absolute atomic E-state index is 4.46. The summed E-state index contributed by atoms with van der Waals surface area (Å²) >= 11 is 0. The minimum atomic E-state index is 0.612. The van der Waals surface area contributed by atoms with Crippen molar-refractivity contribution in [1.29, 1.82) is 0 Å². The fraction of sp³-hybridized carbons (Fsp3) is 1.00. The van der Waals surface area contributed by atoms with Crippen LogP contribution in [0.15, 0.2) is 0 Å². The first-order valence-electron chi connectivity index (χ1n) is 2.12. The highest BCUT2D eigenvalue weighted by Crippen LogP contribution is 1.85. The summed E-state index contributed by atoms with van der Waals surface area (Å²) in [5, 5.41) is 18.2. The van der Waals surface area contributed by atoms with Gasteiger partial charge in [0.15, 0.2) is 0 Å². The molecule has 0 aromatic rings. The molecule has 0 atom stereocenters. The molecule has 0 spiro atoms. The number of hydrogen-bond acceptors (Lipinski definition) is 8. The van der Waals surface area contributed by atoms with E-state index in [0.717, 1.165) is 0 Å². The molecule has 0 rings (SSSR count). The lowest BCUT2D eigenvalue weighted by Gasteiger charge is -1.97. The Morgan fingerprint density at radius 3 is 2.27 bits per heavy atom. The summed E-state index contributed by atoms with van der Waals surface area (Å²) in [6, 6.07) is 0. The molecule has 8 nitrogen and oxygen atoms in total. The van der Waals surface area contributed by atoms with Crippen molar-refractivity contribution in [1.82, 2.24) is 0 Å². The quantitative estimate of drug-likeness (QED) is 0.193. The van der Waals surface area contributed by atoms with Gasteiger partial charge in [-0.1, -0.05) is 0 Å². The zero-order valence-corrected chi connectivity index (χ0v) is 5.42. The molecule has 0 aliphatic heterocycles. The molecule has 0 amide bonds. The van der Waals surface area contributed by atoms with Crippen molar-refractivity contribution in [2.45, 2.75) is 0 Å². The zero-order chi connectivity index (χ0) is 8.36. The predicted octanol–water partition coefficient (Wildman–Crippen LogP) is -1.14. The van der Waals surface area contributed by atoms with Crippen LogP contribution in [-0.4, -0.2) is 22.8 Å². The van der Waals surface area contributed by atoms with Crippen LogP contribution in [0.5, 0.6) is 0 Å². The summed E-state index contributed by atoms with van der Waals surface area (Å²) in [5.41, 5.74) is 0. The van der Waals surface area contributed by atoms with Gasteiger partial charge in [0.05, 0.1) is 7.11 Å². The maximum atomic E-state index is 4.46. The van der Waals surface area contributed by atoms with Crippen LogP contribution in [0.3, 0.4) is 0 Å². The van der Waals surface area contributed by atoms with Gasteiger partial charge in [-0.3, -0.25) is 0 Å². The molecule has 0 saturated carbocycles. The molecule has 0 N–H and O–H groups in total. The first kappa shape index (κ1) is 10.8. The Kier molecular flexibility index (Phi) is 9.64. The highest BCUT2D eigenvalue weighted by Gasteiger charge is 1.94. The van der Waals surface area contributed by atoms with Gasteiger partial charge in [-0.25, -0.2) is 9.69 Å². The third-order valence-corrected chi connectivity index (χ3v) is 0.313. The molecule has 0 bridgehead atoms. The number of rotatable bonds is 8. The van der Waals surface area contributed by atoms with E-state index in [4.69, 9.17) is 0 Å². The Balaban J connectivity index is 2.69. The molecule has 11 heavy (non-hydrogen) atoms. The van der Waals surface area contributed by atoms with Crippen molar-refractivity contribution in [2.75, 3.05) is 7.11 Å². The van der Waals surface area contributed by atoms with Crippen LogP contribution in [0, 0.1) is 0 Å². The Labute approximate surface area is 63.5 Å². The highest BCUT2D eigenvalue weighted by molar-refractivity contribution is 6.27. The SMILES string of the molecule is [B]O[B]OOOOOOOC. The van der Waals surface area contributed by atoms with Gasteiger partial charge in [0.2, 0.25) is 0 Å². The van der Waals surface area contributed by atoms with E-state index in [-0.39, 0.29) is 0 Å². The Hall–Kier alpha value is -0.190. The summed E-state index contributed by atoms with van der Waals surface area (Å²) in [7, 11) is 6.25. The second kappa shape index (κ2) is 9.81. The van der Waals surface area contributed by atoms with E-state index in [1.54, 1.807) is 0 Å². The van der Waals surface area contributed by atoms with Gasteiger partial charge in [-0.2, -0.15) is 0 Å². The topological polar surface area (TPSA) is 73.8 Å². The van der Waals surface area contributed by atoms with Crippen LogP contribution in [0.1, 0.15) is 0 Å². The molecule has 0 aromatic heterocycles. The van der Waals surface area contributed by atoms with Gasteiger partial charge in [0, 0.05) is 0 Å². The van der Waals surface area contributed by atoms with Gasteiger partial charge >= 0.3 is 7.69 Å². The van der Waals surface area contributed by atoms with Crippen LogP contribution in [-0.2, 0) is 39.5 Å². The van der Waals surface area contributed by atoms with Gasteiger partial charge in [0.1, 0.15) is 0 Å². The smallest absolute Gasteiger partial charge is 0.483 e. The van der Waals surface area contributed by atoms with E-state index in [1.165, 1.54) is 7.11 Å². The van der Waals surface area contributed by atoms with Crippen LogP contribution in [0.25, 0.3) is 0 Å². The van der Waals surface area contributed by atoms with Crippen molar-refractivity contribution in [3.05, 3.63) is 0 Å². The third-order valence-electron chi connectivity index (χ3n) is 0.313. The van der Waals surface area contributed by atoms with E-state index in [2.05, 4.69) is 47.5 Å². The Bertz CT molecular complexity index is 61.1. The van der Waals surface area contributed by atoms with Crippen molar-refractivity contribution in [3.63, 3.8) is 0 Å². The molecule has 0 aliphatic rings. The normalized spacial score (nSPS) is 9.91. The van der Waals surface area contributed by atoms with Gasteiger partial charge in [-0.15, -0.1) is 0 Å². The Morgan fingerprint density at radius 2 is 1.64 bits per heavy atom. The van der Waals surface area contributed by atoms with Crippen LogP contribution in [0.4, 0.5) is 0 Å². The summed E-state index contributed by atoms with van der Waals surface area (Å²) in [6.45, 7) is 0. The molecule has 0 heterocycles. The van der Waals surface area contributed by atoms with Crippen LogP contribution >= 0.6 is 0 Å². The minimum Gasteiger partial charge on any atom is -0.483 e. The van der Waals surface area contributed by atoms with E-state index < -0.39 is 0 Å². The molecular weight excluding hydrogens is 162 g/mol. The fourth-order valence-electron chi connectivity index (χ4n) is 0.117. The average molecular weight is 165 g/mol. The average Bonchev–Trinajstić information content (AvgIpc) is 2.03. The van der Waals surface area contributed by atoms with Crippen LogP contribution < -0.4 is 0 Å². The maximum Gasteiger partial charge on any atom is 0.512 e.